The second-order valence-electron chi connectivity index (χ2n) is 5.93. The molecule has 0 radical (unpaired) electrons. The molecular formula is C15H28N4. The second kappa shape index (κ2) is 7.06. The first-order chi connectivity index (χ1) is 9.20. The van der Waals surface area contributed by atoms with Crippen molar-refractivity contribution in [3.05, 3.63) is 18.0 Å². The van der Waals surface area contributed by atoms with E-state index in [1.54, 1.807) is 0 Å². The van der Waals surface area contributed by atoms with Crippen LogP contribution >= 0.6 is 0 Å². The molecule has 0 saturated carbocycles. The van der Waals surface area contributed by atoms with Crippen LogP contribution in [0.3, 0.4) is 0 Å². The van der Waals surface area contributed by atoms with Gasteiger partial charge in [-0.3, -0.25) is 9.58 Å². The van der Waals surface area contributed by atoms with E-state index in [1.807, 2.05) is 13.2 Å². The highest BCUT2D eigenvalue weighted by atomic mass is 15.3. The van der Waals surface area contributed by atoms with Crippen LogP contribution in [0.4, 0.5) is 0 Å². The monoisotopic (exact) mass is 264 g/mol. The van der Waals surface area contributed by atoms with E-state index in [-0.39, 0.29) is 0 Å². The van der Waals surface area contributed by atoms with E-state index in [9.17, 15) is 0 Å². The first-order valence-corrected chi connectivity index (χ1v) is 7.62. The Kier molecular flexibility index (Phi) is 5.40. The second-order valence-corrected chi connectivity index (χ2v) is 5.93. The maximum atomic E-state index is 4.45. The van der Waals surface area contributed by atoms with E-state index in [0.717, 1.165) is 19.1 Å². The van der Waals surface area contributed by atoms with Crippen molar-refractivity contribution in [2.45, 2.75) is 58.2 Å². The van der Waals surface area contributed by atoms with Crippen molar-refractivity contribution in [3.8, 4) is 0 Å². The molecule has 0 amide bonds. The molecule has 0 bridgehead atoms. The molecule has 1 aliphatic heterocycles. The molecule has 1 N–H and O–H groups in total. The zero-order chi connectivity index (χ0) is 13.7. The van der Waals surface area contributed by atoms with E-state index in [0.29, 0.717) is 6.04 Å². The zero-order valence-corrected chi connectivity index (χ0v) is 12.6. The van der Waals surface area contributed by atoms with Gasteiger partial charge in [0.25, 0.3) is 0 Å². The van der Waals surface area contributed by atoms with Crippen LogP contribution in [-0.2, 0) is 6.54 Å². The van der Waals surface area contributed by atoms with Gasteiger partial charge in [0.2, 0.25) is 0 Å². The summed E-state index contributed by atoms with van der Waals surface area (Å²) in [5.41, 5.74) is 1.35. The van der Waals surface area contributed by atoms with Crippen molar-refractivity contribution in [1.29, 1.82) is 0 Å². The van der Waals surface area contributed by atoms with Crippen LogP contribution in [0.2, 0.25) is 0 Å². The number of nitrogens with one attached hydrogen (secondary N) is 1. The Morgan fingerprint density at radius 2 is 2.26 bits per heavy atom. The Hall–Kier alpha value is -0.870. The summed E-state index contributed by atoms with van der Waals surface area (Å²) in [5.74, 6) is 0. The lowest BCUT2D eigenvalue weighted by Gasteiger charge is -2.35. The first kappa shape index (κ1) is 14.5. The Balaban J connectivity index is 1.94. The van der Waals surface area contributed by atoms with E-state index >= 15 is 0 Å². The molecule has 4 nitrogen and oxygen atoms in total. The van der Waals surface area contributed by atoms with Gasteiger partial charge in [0.15, 0.2) is 0 Å². The van der Waals surface area contributed by atoms with E-state index in [4.69, 9.17) is 0 Å². The third-order valence-corrected chi connectivity index (χ3v) is 4.05. The Bertz CT molecular complexity index is 372. The van der Waals surface area contributed by atoms with Gasteiger partial charge < -0.3 is 5.32 Å². The molecule has 1 unspecified atom stereocenters. The summed E-state index contributed by atoms with van der Waals surface area (Å²) < 4.78 is 2.06. The van der Waals surface area contributed by atoms with Crippen LogP contribution in [0.15, 0.2) is 12.4 Å². The summed E-state index contributed by atoms with van der Waals surface area (Å²) in [6.45, 7) is 7.76. The molecule has 1 fully saturated rings. The van der Waals surface area contributed by atoms with E-state index in [1.165, 1.54) is 37.8 Å². The third kappa shape index (κ3) is 4.05. The molecule has 1 atom stereocenters. The molecule has 0 aromatic carbocycles. The Morgan fingerprint density at radius 1 is 1.42 bits per heavy atom. The predicted molar refractivity (Wildman–Crippen MR) is 79.2 cm³/mol. The molecule has 1 aromatic rings. The van der Waals surface area contributed by atoms with Crippen LogP contribution in [-0.4, -0.2) is 40.9 Å². The van der Waals surface area contributed by atoms with Gasteiger partial charge in [0.05, 0.1) is 6.20 Å². The summed E-state index contributed by atoms with van der Waals surface area (Å²) in [5, 5.41) is 7.72. The van der Waals surface area contributed by atoms with E-state index in [2.05, 4.69) is 40.0 Å². The van der Waals surface area contributed by atoms with Crippen LogP contribution in [0.5, 0.6) is 0 Å². The van der Waals surface area contributed by atoms with Crippen molar-refractivity contribution in [3.63, 3.8) is 0 Å². The third-order valence-electron chi connectivity index (χ3n) is 4.05. The Labute approximate surface area is 117 Å². The molecule has 0 spiro atoms. The van der Waals surface area contributed by atoms with Crippen LogP contribution in [0.25, 0.3) is 0 Å². The average molecular weight is 264 g/mol. The number of nitrogens with zero attached hydrogens (tertiary/aromatic N) is 3. The highest BCUT2D eigenvalue weighted by Crippen LogP contribution is 2.21. The predicted octanol–water partition coefficient (Wildman–Crippen LogP) is 2.43. The standard InChI is InChI=1S/C15H28N4/c1-13(2)19-12-14(10-17-19)11-18-9-5-4-6-15(18)7-8-16-3/h10,12-13,15-16H,4-9,11H2,1-3H3. The van der Waals surface area contributed by atoms with Crippen LogP contribution in [0.1, 0.15) is 51.1 Å². The van der Waals surface area contributed by atoms with Crippen molar-refractivity contribution >= 4 is 0 Å². The molecule has 1 aliphatic rings. The lowest BCUT2D eigenvalue weighted by Crippen LogP contribution is -2.40. The van der Waals surface area contributed by atoms with Crippen molar-refractivity contribution in [1.82, 2.24) is 20.0 Å². The number of piperidine rings is 1. The minimum absolute atomic E-state index is 0.454. The van der Waals surface area contributed by atoms with Gasteiger partial charge in [-0.05, 0) is 53.2 Å². The molecule has 1 saturated heterocycles. The maximum Gasteiger partial charge on any atom is 0.0534 e. The molecule has 0 aliphatic carbocycles. The summed E-state index contributed by atoms with van der Waals surface area (Å²) >= 11 is 0. The van der Waals surface area contributed by atoms with Gasteiger partial charge in [-0.25, -0.2) is 0 Å². The topological polar surface area (TPSA) is 33.1 Å². The number of rotatable bonds is 6. The summed E-state index contributed by atoms with van der Waals surface area (Å²) in [6, 6.07) is 1.19. The summed E-state index contributed by atoms with van der Waals surface area (Å²) in [7, 11) is 2.04. The molecule has 4 heteroatoms. The van der Waals surface area contributed by atoms with Crippen molar-refractivity contribution in [2.75, 3.05) is 20.1 Å². The fourth-order valence-corrected chi connectivity index (χ4v) is 2.88. The molecule has 2 heterocycles. The molecule has 108 valence electrons. The maximum absolute atomic E-state index is 4.45. The smallest absolute Gasteiger partial charge is 0.0534 e. The quantitative estimate of drug-likeness (QED) is 0.856. The minimum Gasteiger partial charge on any atom is -0.320 e. The largest absolute Gasteiger partial charge is 0.320 e. The van der Waals surface area contributed by atoms with Gasteiger partial charge in [-0.1, -0.05) is 6.42 Å². The fourth-order valence-electron chi connectivity index (χ4n) is 2.88. The number of hydrogen-bond acceptors (Lipinski definition) is 3. The molecular weight excluding hydrogens is 236 g/mol. The molecule has 1 aromatic heterocycles. The summed E-state index contributed by atoms with van der Waals surface area (Å²) in [4.78, 5) is 2.64. The van der Waals surface area contributed by atoms with Crippen LogP contribution < -0.4 is 5.32 Å². The SMILES string of the molecule is CNCCC1CCCCN1Cc1cnn(C(C)C)c1. The lowest BCUT2D eigenvalue weighted by atomic mass is 9.99. The fraction of sp³-hybridized carbons (Fsp3) is 0.800. The zero-order valence-electron chi connectivity index (χ0n) is 12.6. The highest BCUT2D eigenvalue weighted by Gasteiger charge is 2.22. The molecule has 2 rings (SSSR count). The van der Waals surface area contributed by atoms with Gasteiger partial charge in [-0.15, -0.1) is 0 Å². The summed E-state index contributed by atoms with van der Waals surface area (Å²) in [6.07, 6.45) is 9.57. The Morgan fingerprint density at radius 3 is 2.95 bits per heavy atom. The van der Waals surface area contributed by atoms with Gasteiger partial charge in [0, 0.05) is 30.4 Å². The average Bonchev–Trinajstić information content (AvgIpc) is 2.86. The van der Waals surface area contributed by atoms with Crippen LogP contribution in [0, 0.1) is 0 Å². The normalized spacial score (nSPS) is 21.2. The lowest BCUT2D eigenvalue weighted by molar-refractivity contribution is 0.132. The number of likely N-dealkylation sites (tertiary alicyclic amines) is 1. The van der Waals surface area contributed by atoms with Gasteiger partial charge >= 0.3 is 0 Å². The number of aromatic nitrogens is 2. The highest BCUT2D eigenvalue weighted by molar-refractivity contribution is 5.05. The minimum atomic E-state index is 0.454. The van der Waals surface area contributed by atoms with Crippen molar-refractivity contribution < 1.29 is 0 Å². The van der Waals surface area contributed by atoms with E-state index < -0.39 is 0 Å². The van der Waals surface area contributed by atoms with Gasteiger partial charge in [0.1, 0.15) is 0 Å². The van der Waals surface area contributed by atoms with Crippen molar-refractivity contribution in [2.24, 2.45) is 0 Å². The first-order valence-electron chi connectivity index (χ1n) is 7.62. The molecule has 19 heavy (non-hydrogen) atoms. The van der Waals surface area contributed by atoms with Gasteiger partial charge in [-0.2, -0.15) is 5.10 Å². The number of hydrogen-bond donors (Lipinski definition) is 1.